The van der Waals surface area contributed by atoms with Crippen molar-refractivity contribution in [3.05, 3.63) is 18.0 Å². The maximum absolute atomic E-state index is 5.21. The SMILES string of the molecule is CNC(c1ccnn1C)C(OC)OC. The summed E-state index contributed by atoms with van der Waals surface area (Å²) in [6, 6.07) is 1.92. The molecule has 0 aliphatic carbocycles. The van der Waals surface area contributed by atoms with E-state index in [0.29, 0.717) is 0 Å². The van der Waals surface area contributed by atoms with Crippen LogP contribution in [-0.2, 0) is 16.5 Å². The minimum absolute atomic E-state index is 0.0162. The van der Waals surface area contributed by atoms with E-state index in [4.69, 9.17) is 9.47 Å². The third-order valence-corrected chi connectivity index (χ3v) is 2.23. The number of methoxy groups -OCH3 is 2. The first-order chi connectivity index (χ1) is 6.74. The molecule has 1 aromatic rings. The molecule has 1 unspecified atom stereocenters. The van der Waals surface area contributed by atoms with Gasteiger partial charge < -0.3 is 14.8 Å². The van der Waals surface area contributed by atoms with Gasteiger partial charge in [-0.25, -0.2) is 0 Å². The summed E-state index contributed by atoms with van der Waals surface area (Å²) in [6.07, 6.45) is 1.44. The van der Waals surface area contributed by atoms with Gasteiger partial charge in [0.2, 0.25) is 0 Å². The second kappa shape index (κ2) is 5.09. The quantitative estimate of drug-likeness (QED) is 0.693. The van der Waals surface area contributed by atoms with Crippen LogP contribution in [0.4, 0.5) is 0 Å². The van der Waals surface area contributed by atoms with Gasteiger partial charge in [0.05, 0.1) is 5.69 Å². The van der Waals surface area contributed by atoms with Crippen molar-refractivity contribution in [3.63, 3.8) is 0 Å². The van der Waals surface area contributed by atoms with Crippen LogP contribution in [0.25, 0.3) is 0 Å². The molecular weight excluding hydrogens is 182 g/mol. The normalized spacial score (nSPS) is 13.5. The highest BCUT2D eigenvalue weighted by atomic mass is 16.7. The summed E-state index contributed by atoms with van der Waals surface area (Å²) in [7, 11) is 6.99. The second-order valence-electron chi connectivity index (χ2n) is 2.99. The minimum atomic E-state index is -0.310. The van der Waals surface area contributed by atoms with Crippen LogP contribution in [0.5, 0.6) is 0 Å². The largest absolute Gasteiger partial charge is 0.354 e. The molecule has 5 heteroatoms. The van der Waals surface area contributed by atoms with Gasteiger partial charge in [-0.05, 0) is 13.1 Å². The Labute approximate surface area is 84.0 Å². The van der Waals surface area contributed by atoms with E-state index in [1.165, 1.54) is 0 Å². The van der Waals surface area contributed by atoms with Gasteiger partial charge in [0.1, 0.15) is 6.04 Å². The van der Waals surface area contributed by atoms with E-state index >= 15 is 0 Å². The maximum atomic E-state index is 5.21. The summed E-state index contributed by atoms with van der Waals surface area (Å²) in [5.74, 6) is 0. The third-order valence-electron chi connectivity index (χ3n) is 2.23. The van der Waals surface area contributed by atoms with Gasteiger partial charge in [-0.1, -0.05) is 0 Å². The summed E-state index contributed by atoms with van der Waals surface area (Å²) in [5.41, 5.74) is 1.03. The van der Waals surface area contributed by atoms with Crippen LogP contribution in [0, 0.1) is 0 Å². The van der Waals surface area contributed by atoms with Gasteiger partial charge in [0.15, 0.2) is 6.29 Å². The second-order valence-corrected chi connectivity index (χ2v) is 2.99. The van der Waals surface area contributed by atoms with E-state index in [1.54, 1.807) is 25.1 Å². The van der Waals surface area contributed by atoms with Crippen LogP contribution in [-0.4, -0.2) is 37.3 Å². The lowest BCUT2D eigenvalue weighted by Gasteiger charge is -2.24. The molecule has 1 rings (SSSR count). The average Bonchev–Trinajstić information content (AvgIpc) is 2.61. The molecule has 1 heterocycles. The van der Waals surface area contributed by atoms with Crippen molar-refractivity contribution in [3.8, 4) is 0 Å². The number of aryl methyl sites for hydroxylation is 1. The Kier molecular flexibility index (Phi) is 4.06. The molecule has 1 atom stereocenters. The van der Waals surface area contributed by atoms with Crippen molar-refractivity contribution < 1.29 is 9.47 Å². The molecular formula is C9H17N3O2. The lowest BCUT2D eigenvalue weighted by atomic mass is 10.2. The van der Waals surface area contributed by atoms with Gasteiger partial charge >= 0.3 is 0 Å². The first-order valence-corrected chi connectivity index (χ1v) is 4.45. The van der Waals surface area contributed by atoms with Crippen LogP contribution in [0.1, 0.15) is 11.7 Å². The fraction of sp³-hybridized carbons (Fsp3) is 0.667. The van der Waals surface area contributed by atoms with Crippen LogP contribution in [0.15, 0.2) is 12.3 Å². The molecule has 0 saturated heterocycles. The Morgan fingerprint density at radius 1 is 1.43 bits per heavy atom. The van der Waals surface area contributed by atoms with E-state index in [9.17, 15) is 0 Å². The van der Waals surface area contributed by atoms with Crippen molar-refractivity contribution >= 4 is 0 Å². The molecule has 0 radical (unpaired) electrons. The van der Waals surface area contributed by atoms with E-state index in [1.807, 2.05) is 20.2 Å². The number of aromatic nitrogens is 2. The van der Waals surface area contributed by atoms with Crippen molar-refractivity contribution in [2.45, 2.75) is 12.3 Å². The van der Waals surface area contributed by atoms with E-state index < -0.39 is 0 Å². The maximum Gasteiger partial charge on any atom is 0.177 e. The predicted molar refractivity (Wildman–Crippen MR) is 52.8 cm³/mol. The number of rotatable bonds is 5. The molecule has 0 bridgehead atoms. The zero-order valence-corrected chi connectivity index (χ0v) is 9.02. The molecule has 0 spiro atoms. The van der Waals surface area contributed by atoms with Crippen molar-refractivity contribution in [2.75, 3.05) is 21.3 Å². The van der Waals surface area contributed by atoms with E-state index in [-0.39, 0.29) is 12.3 Å². The van der Waals surface area contributed by atoms with Crippen LogP contribution in [0.3, 0.4) is 0 Å². The van der Waals surface area contributed by atoms with E-state index in [2.05, 4.69) is 10.4 Å². The molecule has 0 saturated carbocycles. The summed E-state index contributed by atoms with van der Waals surface area (Å²) >= 11 is 0. The van der Waals surface area contributed by atoms with E-state index in [0.717, 1.165) is 5.69 Å². The zero-order chi connectivity index (χ0) is 10.6. The Morgan fingerprint density at radius 3 is 2.43 bits per heavy atom. The van der Waals surface area contributed by atoms with Gasteiger partial charge in [0.25, 0.3) is 0 Å². The van der Waals surface area contributed by atoms with Crippen LogP contribution in [0.2, 0.25) is 0 Å². The first-order valence-electron chi connectivity index (χ1n) is 4.45. The van der Waals surface area contributed by atoms with Gasteiger partial charge in [-0.15, -0.1) is 0 Å². The van der Waals surface area contributed by atoms with Crippen LogP contribution >= 0.6 is 0 Å². The summed E-state index contributed by atoms with van der Waals surface area (Å²) < 4.78 is 12.2. The summed E-state index contributed by atoms with van der Waals surface area (Å²) in [4.78, 5) is 0. The Bertz CT molecular complexity index is 271. The molecule has 0 fully saturated rings. The van der Waals surface area contributed by atoms with Crippen molar-refractivity contribution in [1.29, 1.82) is 0 Å². The Hall–Kier alpha value is -0.910. The third kappa shape index (κ3) is 2.12. The predicted octanol–water partition coefficient (Wildman–Crippen LogP) is 0.299. The first kappa shape index (κ1) is 11.2. The van der Waals surface area contributed by atoms with Crippen molar-refractivity contribution in [2.24, 2.45) is 7.05 Å². The molecule has 14 heavy (non-hydrogen) atoms. The standard InChI is InChI=1S/C9H17N3O2/c1-10-8(9(13-3)14-4)7-5-6-11-12(7)2/h5-6,8-10H,1-4H3. The number of ether oxygens (including phenoxy) is 2. The Balaban J connectivity index is 2.86. The smallest absolute Gasteiger partial charge is 0.177 e. The molecule has 0 amide bonds. The number of likely N-dealkylation sites (N-methyl/N-ethyl adjacent to an activating group) is 1. The number of nitrogens with one attached hydrogen (secondary N) is 1. The zero-order valence-electron chi connectivity index (χ0n) is 9.02. The molecule has 1 aromatic heterocycles. The van der Waals surface area contributed by atoms with Gasteiger partial charge in [0, 0.05) is 27.5 Å². The highest BCUT2D eigenvalue weighted by Gasteiger charge is 2.23. The molecule has 5 nitrogen and oxygen atoms in total. The fourth-order valence-electron chi connectivity index (χ4n) is 1.48. The fourth-order valence-corrected chi connectivity index (χ4v) is 1.48. The summed E-state index contributed by atoms with van der Waals surface area (Å²) in [6.45, 7) is 0. The number of hydrogen-bond acceptors (Lipinski definition) is 4. The monoisotopic (exact) mass is 199 g/mol. The lowest BCUT2D eigenvalue weighted by molar-refractivity contribution is -0.124. The highest BCUT2D eigenvalue weighted by molar-refractivity contribution is 5.07. The molecule has 0 aliphatic rings. The topological polar surface area (TPSA) is 48.3 Å². The van der Waals surface area contributed by atoms with Crippen LogP contribution < -0.4 is 5.32 Å². The summed E-state index contributed by atoms with van der Waals surface area (Å²) in [5, 5.41) is 7.24. The Morgan fingerprint density at radius 2 is 2.07 bits per heavy atom. The average molecular weight is 199 g/mol. The van der Waals surface area contributed by atoms with Gasteiger partial charge in [-0.2, -0.15) is 5.10 Å². The molecule has 1 N–H and O–H groups in total. The highest BCUT2D eigenvalue weighted by Crippen LogP contribution is 2.17. The van der Waals surface area contributed by atoms with Gasteiger partial charge in [-0.3, -0.25) is 4.68 Å². The minimum Gasteiger partial charge on any atom is -0.354 e. The number of hydrogen-bond donors (Lipinski definition) is 1. The van der Waals surface area contributed by atoms with Crippen molar-refractivity contribution in [1.82, 2.24) is 15.1 Å². The molecule has 80 valence electrons. The molecule has 0 aliphatic heterocycles. The molecule has 0 aromatic carbocycles. The number of nitrogens with zero attached hydrogens (tertiary/aromatic N) is 2. The lowest BCUT2D eigenvalue weighted by Crippen LogP contribution is -2.33.